The van der Waals surface area contributed by atoms with Gasteiger partial charge in [0.15, 0.2) is 0 Å². The van der Waals surface area contributed by atoms with Crippen molar-refractivity contribution in [1.29, 1.82) is 0 Å². The largest absolute Gasteiger partial charge is 0.493 e. The van der Waals surface area contributed by atoms with E-state index >= 15 is 0 Å². The number of nitrogens with two attached hydrogens (primary N) is 2. The van der Waals surface area contributed by atoms with Gasteiger partial charge < -0.3 is 16.2 Å². The second-order valence-electron chi connectivity index (χ2n) is 8.33. The molecule has 0 heterocycles. The number of rotatable bonds is 5. The van der Waals surface area contributed by atoms with Crippen LogP contribution in [0.15, 0.2) is 30.4 Å². The minimum Gasteiger partial charge on any atom is -0.493 e. The molecule has 0 amide bonds. The highest BCUT2D eigenvalue weighted by molar-refractivity contribution is 5.56. The van der Waals surface area contributed by atoms with Crippen LogP contribution in [0.5, 0.6) is 5.75 Å². The second-order valence-corrected chi connectivity index (χ2v) is 8.33. The lowest BCUT2D eigenvalue weighted by Crippen LogP contribution is -2.19. The molecule has 0 aliphatic heterocycles. The molecule has 0 aromatic heterocycles. The molecule has 2 aliphatic carbocycles. The average molecular weight is 343 g/mol. The highest BCUT2D eigenvalue weighted by atomic mass is 16.5. The molecule has 0 radical (unpaired) electrons. The lowest BCUT2D eigenvalue weighted by Gasteiger charge is -2.28. The van der Waals surface area contributed by atoms with Crippen LogP contribution in [-0.2, 0) is 0 Å². The molecule has 0 saturated heterocycles. The number of allylic oxidation sites excluding steroid dienone is 2. The third-order valence-electron chi connectivity index (χ3n) is 6.04. The van der Waals surface area contributed by atoms with E-state index in [9.17, 15) is 0 Å². The summed E-state index contributed by atoms with van der Waals surface area (Å²) in [6, 6.07) is 5.48. The quantitative estimate of drug-likeness (QED) is 0.555. The van der Waals surface area contributed by atoms with E-state index in [-0.39, 0.29) is 0 Å². The van der Waals surface area contributed by atoms with Crippen LogP contribution in [0.25, 0.3) is 0 Å². The van der Waals surface area contributed by atoms with Gasteiger partial charge in [0.25, 0.3) is 0 Å². The fraction of sp³-hybridized carbons (Fsp3) is 0.636. The van der Waals surface area contributed by atoms with Crippen molar-refractivity contribution in [2.75, 3.05) is 18.1 Å². The first-order valence-corrected chi connectivity index (χ1v) is 10.1. The summed E-state index contributed by atoms with van der Waals surface area (Å²) < 4.78 is 5.93. The molecular formula is C22H34N2O. The predicted molar refractivity (Wildman–Crippen MR) is 106 cm³/mol. The molecule has 3 nitrogen and oxygen atoms in total. The Labute approximate surface area is 152 Å². The van der Waals surface area contributed by atoms with Crippen LogP contribution in [0.4, 0.5) is 11.4 Å². The Morgan fingerprint density at radius 3 is 1.92 bits per heavy atom. The van der Waals surface area contributed by atoms with Crippen molar-refractivity contribution in [1.82, 2.24) is 0 Å². The van der Waals surface area contributed by atoms with E-state index in [1.54, 1.807) is 6.07 Å². The zero-order valence-electron chi connectivity index (χ0n) is 15.6. The Hall–Kier alpha value is -1.64. The molecule has 3 rings (SSSR count). The van der Waals surface area contributed by atoms with Gasteiger partial charge in [-0.05, 0) is 68.3 Å². The fourth-order valence-electron chi connectivity index (χ4n) is 4.28. The van der Waals surface area contributed by atoms with E-state index in [1.807, 2.05) is 12.1 Å². The monoisotopic (exact) mass is 342 g/mol. The van der Waals surface area contributed by atoms with Crippen LogP contribution in [0.2, 0.25) is 0 Å². The van der Waals surface area contributed by atoms with Gasteiger partial charge in [-0.2, -0.15) is 0 Å². The number of hydrogen-bond donors (Lipinski definition) is 2. The van der Waals surface area contributed by atoms with Gasteiger partial charge in [0.2, 0.25) is 0 Å². The number of hydrogen-bond acceptors (Lipinski definition) is 3. The molecule has 0 bridgehead atoms. The standard InChI is InChI=1S/C22H34N2O/c1-16-2-4-17(5-3-16)6-7-18-8-10-19(11-9-18)15-25-22-13-20(23)12-21(24)14-22/h6-7,12-14,16-19H,2-5,8-11,15,23-24H2,1H3/b7-6+. The summed E-state index contributed by atoms with van der Waals surface area (Å²) in [7, 11) is 0. The number of benzene rings is 1. The van der Waals surface area contributed by atoms with Crippen molar-refractivity contribution in [2.45, 2.75) is 58.3 Å². The normalized spacial score (nSPS) is 30.4. The van der Waals surface area contributed by atoms with E-state index in [2.05, 4.69) is 19.1 Å². The number of anilines is 2. The third-order valence-corrected chi connectivity index (χ3v) is 6.04. The van der Waals surface area contributed by atoms with Gasteiger partial charge >= 0.3 is 0 Å². The van der Waals surface area contributed by atoms with Gasteiger partial charge in [0.05, 0.1) is 6.61 Å². The van der Waals surface area contributed by atoms with Crippen LogP contribution in [-0.4, -0.2) is 6.61 Å². The minimum absolute atomic E-state index is 0.655. The molecule has 1 aromatic rings. The molecule has 0 unspecified atom stereocenters. The topological polar surface area (TPSA) is 61.3 Å². The highest BCUT2D eigenvalue weighted by Crippen LogP contribution is 2.33. The Bertz CT molecular complexity index is 547. The Kier molecular flexibility index (Phi) is 6.28. The first-order chi connectivity index (χ1) is 12.1. The lowest BCUT2D eigenvalue weighted by atomic mass is 9.79. The molecule has 138 valence electrons. The fourth-order valence-corrected chi connectivity index (χ4v) is 4.28. The zero-order chi connectivity index (χ0) is 17.6. The van der Waals surface area contributed by atoms with Crippen molar-refractivity contribution in [3.05, 3.63) is 30.4 Å². The molecule has 2 saturated carbocycles. The molecule has 4 N–H and O–H groups in total. The molecule has 0 atom stereocenters. The van der Waals surface area contributed by atoms with Gasteiger partial charge in [0.1, 0.15) is 5.75 Å². The van der Waals surface area contributed by atoms with Crippen LogP contribution in [0.3, 0.4) is 0 Å². The molecule has 3 heteroatoms. The highest BCUT2D eigenvalue weighted by Gasteiger charge is 2.21. The smallest absolute Gasteiger partial charge is 0.123 e. The maximum absolute atomic E-state index is 5.93. The lowest BCUT2D eigenvalue weighted by molar-refractivity contribution is 0.194. The zero-order valence-corrected chi connectivity index (χ0v) is 15.6. The van der Waals surface area contributed by atoms with Gasteiger partial charge in [0, 0.05) is 23.5 Å². The second kappa shape index (κ2) is 8.64. The number of ether oxygens (including phenoxy) is 1. The molecule has 2 fully saturated rings. The van der Waals surface area contributed by atoms with Gasteiger partial charge in [-0.3, -0.25) is 0 Å². The van der Waals surface area contributed by atoms with Gasteiger partial charge in [-0.1, -0.05) is 31.9 Å². The van der Waals surface area contributed by atoms with Crippen LogP contribution >= 0.6 is 0 Å². The van der Waals surface area contributed by atoms with Crippen LogP contribution < -0.4 is 16.2 Å². The summed E-state index contributed by atoms with van der Waals surface area (Å²) in [5.74, 6) is 4.01. The van der Waals surface area contributed by atoms with Gasteiger partial charge in [-0.15, -0.1) is 0 Å². The van der Waals surface area contributed by atoms with Crippen molar-refractivity contribution < 1.29 is 4.74 Å². The van der Waals surface area contributed by atoms with E-state index in [1.165, 1.54) is 51.4 Å². The summed E-state index contributed by atoms with van der Waals surface area (Å²) in [6.07, 6.45) is 15.8. The summed E-state index contributed by atoms with van der Waals surface area (Å²) in [6.45, 7) is 3.17. The minimum atomic E-state index is 0.655. The molecular weight excluding hydrogens is 308 g/mol. The summed E-state index contributed by atoms with van der Waals surface area (Å²) in [4.78, 5) is 0. The van der Waals surface area contributed by atoms with Crippen molar-refractivity contribution in [2.24, 2.45) is 23.7 Å². The maximum Gasteiger partial charge on any atom is 0.123 e. The SMILES string of the molecule is CC1CCC(/C=C/C2CCC(COc3cc(N)cc(N)c3)CC2)CC1. The number of nitrogen functional groups attached to an aromatic ring is 2. The average Bonchev–Trinajstić information content (AvgIpc) is 2.60. The van der Waals surface area contributed by atoms with E-state index in [0.717, 1.165) is 30.1 Å². The Balaban J connectivity index is 1.38. The van der Waals surface area contributed by atoms with Crippen molar-refractivity contribution in [3.63, 3.8) is 0 Å². The third kappa shape index (κ3) is 5.69. The van der Waals surface area contributed by atoms with Crippen molar-refractivity contribution in [3.8, 4) is 5.75 Å². The first-order valence-electron chi connectivity index (χ1n) is 10.1. The summed E-state index contributed by atoms with van der Waals surface area (Å²) in [5.41, 5.74) is 13.0. The van der Waals surface area contributed by atoms with Crippen molar-refractivity contribution >= 4 is 11.4 Å². The maximum atomic E-state index is 5.93. The molecule has 1 aromatic carbocycles. The van der Waals surface area contributed by atoms with E-state index in [0.29, 0.717) is 17.3 Å². The summed E-state index contributed by atoms with van der Waals surface area (Å²) in [5, 5.41) is 0. The first kappa shape index (κ1) is 18.2. The van der Waals surface area contributed by atoms with E-state index < -0.39 is 0 Å². The van der Waals surface area contributed by atoms with Crippen LogP contribution in [0, 0.1) is 23.7 Å². The molecule has 25 heavy (non-hydrogen) atoms. The molecule has 0 spiro atoms. The Morgan fingerprint density at radius 2 is 1.36 bits per heavy atom. The van der Waals surface area contributed by atoms with Crippen LogP contribution in [0.1, 0.15) is 58.3 Å². The van der Waals surface area contributed by atoms with Gasteiger partial charge in [-0.25, -0.2) is 0 Å². The van der Waals surface area contributed by atoms with E-state index in [4.69, 9.17) is 16.2 Å². The predicted octanol–water partition coefficient (Wildman–Crippen LogP) is 5.42. The Morgan fingerprint density at radius 1 is 0.840 bits per heavy atom. The molecule has 2 aliphatic rings. The summed E-state index contributed by atoms with van der Waals surface area (Å²) >= 11 is 0.